The first-order chi connectivity index (χ1) is 10.1. The molecule has 0 aliphatic rings. The summed E-state index contributed by atoms with van der Waals surface area (Å²) in [6.07, 6.45) is 2.14. The number of furan rings is 1. The van der Waals surface area contributed by atoms with E-state index in [-0.39, 0.29) is 17.5 Å². The van der Waals surface area contributed by atoms with Crippen LogP contribution in [0.1, 0.15) is 19.6 Å². The fourth-order valence-electron chi connectivity index (χ4n) is 1.98. The van der Waals surface area contributed by atoms with Crippen molar-refractivity contribution in [3.8, 4) is 5.75 Å². The number of rotatable bonds is 7. The Morgan fingerprint density at radius 2 is 2.14 bits per heavy atom. The van der Waals surface area contributed by atoms with E-state index in [0.29, 0.717) is 18.7 Å². The molecule has 1 aromatic heterocycles. The Hall–Kier alpha value is -2.50. The van der Waals surface area contributed by atoms with Crippen molar-refractivity contribution < 1.29 is 14.1 Å². The predicted octanol–water partition coefficient (Wildman–Crippen LogP) is 3.63. The van der Waals surface area contributed by atoms with E-state index in [1.807, 2.05) is 26.0 Å². The number of nitro groups is 1. The van der Waals surface area contributed by atoms with Crippen LogP contribution < -0.4 is 10.1 Å². The molecule has 0 atom stereocenters. The fourth-order valence-corrected chi connectivity index (χ4v) is 1.98. The molecular formula is C15H18N2O4. The van der Waals surface area contributed by atoms with Gasteiger partial charge in [0.05, 0.1) is 17.3 Å². The summed E-state index contributed by atoms with van der Waals surface area (Å²) in [7, 11) is 0. The first kappa shape index (κ1) is 14.9. The van der Waals surface area contributed by atoms with Gasteiger partial charge in [0.2, 0.25) is 0 Å². The molecule has 0 saturated heterocycles. The van der Waals surface area contributed by atoms with Gasteiger partial charge in [0, 0.05) is 13.0 Å². The predicted molar refractivity (Wildman–Crippen MR) is 79.8 cm³/mol. The van der Waals surface area contributed by atoms with Gasteiger partial charge in [-0.15, -0.1) is 0 Å². The lowest BCUT2D eigenvalue weighted by atomic mass is 10.2. The average Bonchev–Trinajstić information content (AvgIpc) is 2.91. The van der Waals surface area contributed by atoms with Gasteiger partial charge in [-0.2, -0.15) is 0 Å². The Labute approximate surface area is 122 Å². The average molecular weight is 290 g/mol. The van der Waals surface area contributed by atoms with E-state index >= 15 is 0 Å². The van der Waals surface area contributed by atoms with Crippen molar-refractivity contribution in [2.24, 2.45) is 0 Å². The molecule has 0 unspecified atom stereocenters. The molecule has 0 aliphatic carbocycles. The quantitative estimate of drug-likeness (QED) is 0.622. The highest BCUT2D eigenvalue weighted by atomic mass is 16.6. The zero-order chi connectivity index (χ0) is 15.2. The Morgan fingerprint density at radius 1 is 1.33 bits per heavy atom. The summed E-state index contributed by atoms with van der Waals surface area (Å²) < 4.78 is 10.7. The minimum absolute atomic E-state index is 0.0364. The maximum atomic E-state index is 11.3. The van der Waals surface area contributed by atoms with Crippen molar-refractivity contribution in [3.63, 3.8) is 0 Å². The highest BCUT2D eigenvalue weighted by Crippen LogP contribution is 2.35. The van der Waals surface area contributed by atoms with Crippen molar-refractivity contribution in [2.75, 3.05) is 11.9 Å². The number of nitrogens with zero attached hydrogens (tertiary/aromatic N) is 1. The van der Waals surface area contributed by atoms with Gasteiger partial charge in [-0.25, -0.2) is 0 Å². The Morgan fingerprint density at radius 3 is 2.76 bits per heavy atom. The summed E-state index contributed by atoms with van der Waals surface area (Å²) in [6, 6.07) is 8.70. The normalized spacial score (nSPS) is 10.6. The molecule has 0 saturated carbocycles. The van der Waals surface area contributed by atoms with Gasteiger partial charge in [-0.05, 0) is 38.1 Å². The number of benzene rings is 1. The third-order valence-corrected chi connectivity index (χ3v) is 2.81. The highest BCUT2D eigenvalue weighted by Gasteiger charge is 2.21. The number of anilines is 1. The Kier molecular flexibility index (Phi) is 4.81. The monoisotopic (exact) mass is 290 g/mol. The molecule has 1 aromatic carbocycles. The molecule has 2 rings (SSSR count). The van der Waals surface area contributed by atoms with Crippen molar-refractivity contribution in [1.82, 2.24) is 0 Å². The highest BCUT2D eigenvalue weighted by molar-refractivity contribution is 5.68. The zero-order valence-corrected chi connectivity index (χ0v) is 12.0. The van der Waals surface area contributed by atoms with E-state index in [4.69, 9.17) is 9.15 Å². The molecule has 1 heterocycles. The molecule has 0 amide bonds. The largest absolute Gasteiger partial charge is 0.484 e. The van der Waals surface area contributed by atoms with Crippen molar-refractivity contribution in [3.05, 3.63) is 52.5 Å². The van der Waals surface area contributed by atoms with Crippen LogP contribution in [0.5, 0.6) is 5.75 Å². The molecule has 0 aliphatic heterocycles. The molecular weight excluding hydrogens is 272 g/mol. The van der Waals surface area contributed by atoms with Gasteiger partial charge < -0.3 is 14.5 Å². The number of hydrogen-bond donors (Lipinski definition) is 1. The maximum absolute atomic E-state index is 11.3. The topological polar surface area (TPSA) is 77.5 Å². The molecule has 0 bridgehead atoms. The summed E-state index contributed by atoms with van der Waals surface area (Å²) in [6.45, 7) is 4.21. The van der Waals surface area contributed by atoms with E-state index < -0.39 is 4.92 Å². The molecule has 112 valence electrons. The van der Waals surface area contributed by atoms with E-state index in [0.717, 1.165) is 5.76 Å². The Bertz CT molecular complexity index is 594. The number of nitrogens with one attached hydrogen (secondary N) is 1. The van der Waals surface area contributed by atoms with E-state index in [9.17, 15) is 10.1 Å². The van der Waals surface area contributed by atoms with Crippen molar-refractivity contribution in [1.29, 1.82) is 0 Å². The van der Waals surface area contributed by atoms with Gasteiger partial charge in [-0.3, -0.25) is 10.1 Å². The summed E-state index contributed by atoms with van der Waals surface area (Å²) in [4.78, 5) is 10.9. The van der Waals surface area contributed by atoms with Gasteiger partial charge >= 0.3 is 5.69 Å². The van der Waals surface area contributed by atoms with Crippen molar-refractivity contribution in [2.45, 2.75) is 26.4 Å². The summed E-state index contributed by atoms with van der Waals surface area (Å²) in [5.74, 6) is 1.11. The molecule has 0 spiro atoms. The molecule has 21 heavy (non-hydrogen) atoms. The standard InChI is InChI=1S/C15H18N2O4/c1-11(2)21-14-7-3-6-13(15(14)17(18)19)16-9-8-12-5-4-10-20-12/h3-7,10-11,16H,8-9H2,1-2H3. The molecule has 1 N–H and O–H groups in total. The molecule has 2 aromatic rings. The van der Waals surface area contributed by atoms with Crippen LogP contribution in [0, 0.1) is 10.1 Å². The minimum Gasteiger partial charge on any atom is -0.484 e. The van der Waals surface area contributed by atoms with E-state index in [1.165, 1.54) is 0 Å². The Balaban J connectivity index is 2.12. The molecule has 6 heteroatoms. The summed E-state index contributed by atoms with van der Waals surface area (Å²) >= 11 is 0. The van der Waals surface area contributed by atoms with Crippen LogP contribution in [0.25, 0.3) is 0 Å². The number of para-hydroxylation sites is 1. The summed E-state index contributed by atoms with van der Waals surface area (Å²) in [5, 5.41) is 14.3. The van der Waals surface area contributed by atoms with Crippen LogP contribution in [-0.2, 0) is 6.42 Å². The van der Waals surface area contributed by atoms with Crippen LogP contribution in [0.15, 0.2) is 41.0 Å². The smallest absolute Gasteiger partial charge is 0.333 e. The fraction of sp³-hybridized carbons (Fsp3) is 0.333. The second kappa shape index (κ2) is 6.78. The van der Waals surface area contributed by atoms with Crippen LogP contribution in [-0.4, -0.2) is 17.6 Å². The van der Waals surface area contributed by atoms with Gasteiger partial charge in [0.1, 0.15) is 11.4 Å². The first-order valence-corrected chi connectivity index (χ1v) is 6.78. The van der Waals surface area contributed by atoms with Gasteiger partial charge in [0.15, 0.2) is 5.75 Å². The second-order valence-corrected chi connectivity index (χ2v) is 4.83. The van der Waals surface area contributed by atoms with Gasteiger partial charge in [-0.1, -0.05) is 6.07 Å². The molecule has 0 radical (unpaired) electrons. The van der Waals surface area contributed by atoms with Crippen molar-refractivity contribution >= 4 is 11.4 Å². The van der Waals surface area contributed by atoms with E-state index in [1.54, 1.807) is 24.5 Å². The lowest BCUT2D eigenvalue weighted by Gasteiger charge is -2.13. The number of nitro benzene ring substituents is 1. The lowest BCUT2D eigenvalue weighted by Crippen LogP contribution is -2.10. The van der Waals surface area contributed by atoms with Gasteiger partial charge in [0.25, 0.3) is 0 Å². The van der Waals surface area contributed by atoms with Crippen LogP contribution >= 0.6 is 0 Å². The lowest BCUT2D eigenvalue weighted by molar-refractivity contribution is -0.385. The van der Waals surface area contributed by atoms with Crippen LogP contribution in [0.2, 0.25) is 0 Å². The second-order valence-electron chi connectivity index (χ2n) is 4.83. The molecule has 0 fully saturated rings. The third kappa shape index (κ3) is 3.98. The third-order valence-electron chi connectivity index (χ3n) is 2.81. The molecule has 6 nitrogen and oxygen atoms in total. The maximum Gasteiger partial charge on any atom is 0.333 e. The van der Waals surface area contributed by atoms with Crippen LogP contribution in [0.3, 0.4) is 0 Å². The first-order valence-electron chi connectivity index (χ1n) is 6.78. The number of ether oxygens (including phenoxy) is 1. The zero-order valence-electron chi connectivity index (χ0n) is 12.0. The summed E-state index contributed by atoms with van der Waals surface area (Å²) in [5.41, 5.74) is 0.412. The number of hydrogen-bond acceptors (Lipinski definition) is 5. The van der Waals surface area contributed by atoms with E-state index in [2.05, 4.69) is 5.32 Å². The van der Waals surface area contributed by atoms with Crippen LogP contribution in [0.4, 0.5) is 11.4 Å². The minimum atomic E-state index is -0.424. The SMILES string of the molecule is CC(C)Oc1cccc(NCCc2ccco2)c1[N+](=O)[O-].